The topological polar surface area (TPSA) is 66.4 Å². The summed E-state index contributed by atoms with van der Waals surface area (Å²) in [6.45, 7) is 1.82. The number of hydrogen-bond donors (Lipinski definition) is 2. The molecule has 2 N–H and O–H groups in total. The molecule has 0 aliphatic carbocycles. The molecule has 0 heterocycles. The van der Waals surface area contributed by atoms with Gasteiger partial charge in [0.25, 0.3) is 0 Å². The van der Waals surface area contributed by atoms with Crippen LogP contribution in [0.2, 0.25) is 5.02 Å². The molecule has 0 saturated carbocycles. The monoisotopic (exact) mass is 317 g/mol. The van der Waals surface area contributed by atoms with Crippen molar-refractivity contribution in [2.75, 3.05) is 5.32 Å². The van der Waals surface area contributed by atoms with E-state index in [1.165, 1.54) is 18.2 Å². The summed E-state index contributed by atoms with van der Waals surface area (Å²) in [5.74, 6) is -1.52. The zero-order valence-electron chi connectivity index (χ0n) is 12.0. The first-order valence-corrected chi connectivity index (χ1v) is 7.23. The molecule has 2 rings (SSSR count). The first-order chi connectivity index (χ1) is 10.5. The van der Waals surface area contributed by atoms with Crippen molar-refractivity contribution < 1.29 is 14.7 Å². The zero-order chi connectivity index (χ0) is 16.1. The summed E-state index contributed by atoms with van der Waals surface area (Å²) in [5.41, 5.74) is 1.46. The van der Waals surface area contributed by atoms with Gasteiger partial charge in [0.2, 0.25) is 5.91 Å². The van der Waals surface area contributed by atoms with Gasteiger partial charge in [-0.25, -0.2) is 4.79 Å². The number of nitrogens with one attached hydrogen (secondary N) is 1. The second kappa shape index (κ2) is 7.09. The van der Waals surface area contributed by atoms with Crippen molar-refractivity contribution in [2.24, 2.45) is 5.92 Å². The van der Waals surface area contributed by atoms with E-state index in [0.717, 1.165) is 5.56 Å². The van der Waals surface area contributed by atoms with Crippen LogP contribution in [0.4, 0.5) is 5.69 Å². The van der Waals surface area contributed by atoms with Crippen molar-refractivity contribution in [3.8, 4) is 0 Å². The second-order valence-corrected chi connectivity index (χ2v) is 5.49. The quantitative estimate of drug-likeness (QED) is 0.880. The van der Waals surface area contributed by atoms with E-state index < -0.39 is 5.97 Å². The van der Waals surface area contributed by atoms with Gasteiger partial charge in [0.05, 0.1) is 16.3 Å². The first kappa shape index (κ1) is 16.0. The molecule has 0 fully saturated rings. The number of benzene rings is 2. The molecule has 5 heteroatoms. The smallest absolute Gasteiger partial charge is 0.335 e. The summed E-state index contributed by atoms with van der Waals surface area (Å²) in [6, 6.07) is 13.9. The van der Waals surface area contributed by atoms with Gasteiger partial charge in [-0.1, -0.05) is 48.9 Å². The molecule has 0 saturated heterocycles. The van der Waals surface area contributed by atoms with Crippen LogP contribution in [0.25, 0.3) is 0 Å². The standard InChI is InChI=1S/C17H16ClNO3/c1-11(9-12-5-3-2-4-6-12)16(20)19-15-10-13(17(21)22)7-8-14(15)18/h2-8,10-11H,9H2,1H3,(H,19,20)(H,21,22). The molecule has 2 aromatic rings. The number of hydrogen-bond acceptors (Lipinski definition) is 2. The van der Waals surface area contributed by atoms with Gasteiger partial charge in [0.1, 0.15) is 0 Å². The molecule has 4 nitrogen and oxygen atoms in total. The summed E-state index contributed by atoms with van der Waals surface area (Å²) < 4.78 is 0. The van der Waals surface area contributed by atoms with E-state index in [1.807, 2.05) is 37.3 Å². The van der Waals surface area contributed by atoms with Crippen LogP contribution in [0, 0.1) is 5.92 Å². The van der Waals surface area contributed by atoms with E-state index >= 15 is 0 Å². The van der Waals surface area contributed by atoms with Crippen LogP contribution < -0.4 is 5.32 Å². The number of carbonyl (C=O) groups excluding carboxylic acids is 1. The van der Waals surface area contributed by atoms with E-state index in [4.69, 9.17) is 16.7 Å². The lowest BCUT2D eigenvalue weighted by Crippen LogP contribution is -2.22. The highest BCUT2D eigenvalue weighted by Crippen LogP contribution is 2.24. The van der Waals surface area contributed by atoms with Crippen LogP contribution in [0.5, 0.6) is 0 Å². The Balaban J connectivity index is 2.08. The van der Waals surface area contributed by atoms with Gasteiger partial charge < -0.3 is 10.4 Å². The minimum Gasteiger partial charge on any atom is -0.478 e. The maximum absolute atomic E-state index is 12.2. The van der Waals surface area contributed by atoms with Crippen molar-refractivity contribution in [3.05, 3.63) is 64.7 Å². The van der Waals surface area contributed by atoms with Crippen LogP contribution >= 0.6 is 11.6 Å². The molecule has 0 bridgehead atoms. The molecule has 1 amide bonds. The number of aromatic carboxylic acids is 1. The van der Waals surface area contributed by atoms with E-state index in [-0.39, 0.29) is 17.4 Å². The normalized spacial score (nSPS) is 11.7. The number of halogens is 1. The number of amides is 1. The Morgan fingerprint density at radius 1 is 1.18 bits per heavy atom. The van der Waals surface area contributed by atoms with E-state index in [0.29, 0.717) is 17.1 Å². The molecule has 22 heavy (non-hydrogen) atoms. The number of carbonyl (C=O) groups is 2. The highest BCUT2D eigenvalue weighted by molar-refractivity contribution is 6.33. The molecule has 0 aromatic heterocycles. The third kappa shape index (κ3) is 4.09. The molecule has 0 spiro atoms. The molecule has 114 valence electrons. The van der Waals surface area contributed by atoms with Crippen molar-refractivity contribution in [1.29, 1.82) is 0 Å². The van der Waals surface area contributed by atoms with E-state index in [9.17, 15) is 9.59 Å². The molecule has 0 radical (unpaired) electrons. The van der Waals surface area contributed by atoms with E-state index in [1.54, 1.807) is 0 Å². The average molecular weight is 318 g/mol. The zero-order valence-corrected chi connectivity index (χ0v) is 12.8. The number of anilines is 1. The summed E-state index contributed by atoms with van der Waals surface area (Å²) in [5, 5.41) is 12.0. The SMILES string of the molecule is CC(Cc1ccccc1)C(=O)Nc1cc(C(=O)O)ccc1Cl. The molecule has 2 aromatic carbocycles. The third-order valence-electron chi connectivity index (χ3n) is 3.30. The van der Waals surface area contributed by atoms with Crippen molar-refractivity contribution in [1.82, 2.24) is 0 Å². The Kier molecular flexibility index (Phi) is 5.17. The summed E-state index contributed by atoms with van der Waals surface area (Å²) in [7, 11) is 0. The largest absolute Gasteiger partial charge is 0.478 e. The highest BCUT2D eigenvalue weighted by Gasteiger charge is 2.16. The van der Waals surface area contributed by atoms with Gasteiger partial charge in [-0.05, 0) is 30.2 Å². The van der Waals surface area contributed by atoms with Crippen LogP contribution in [-0.4, -0.2) is 17.0 Å². The number of rotatable bonds is 5. The number of carboxylic acid groups (broad SMARTS) is 1. The predicted molar refractivity (Wildman–Crippen MR) is 86.4 cm³/mol. The van der Waals surface area contributed by atoms with Crippen LogP contribution in [0.15, 0.2) is 48.5 Å². The first-order valence-electron chi connectivity index (χ1n) is 6.85. The van der Waals surface area contributed by atoms with Gasteiger partial charge in [0, 0.05) is 5.92 Å². The fraction of sp³-hybridized carbons (Fsp3) is 0.176. The van der Waals surface area contributed by atoms with Gasteiger partial charge in [-0.2, -0.15) is 0 Å². The Hall–Kier alpha value is -2.33. The van der Waals surface area contributed by atoms with Crippen LogP contribution in [-0.2, 0) is 11.2 Å². The average Bonchev–Trinajstić information content (AvgIpc) is 2.50. The Morgan fingerprint density at radius 3 is 2.50 bits per heavy atom. The molecule has 0 aliphatic rings. The second-order valence-electron chi connectivity index (χ2n) is 5.08. The highest BCUT2D eigenvalue weighted by atomic mass is 35.5. The maximum atomic E-state index is 12.2. The molecular weight excluding hydrogens is 302 g/mol. The third-order valence-corrected chi connectivity index (χ3v) is 3.63. The minimum atomic E-state index is -1.07. The summed E-state index contributed by atoms with van der Waals surface area (Å²) in [6.07, 6.45) is 0.600. The Labute approximate surface area is 133 Å². The lowest BCUT2D eigenvalue weighted by atomic mass is 10.0. The van der Waals surface area contributed by atoms with Gasteiger partial charge >= 0.3 is 5.97 Å². The number of carboxylic acids is 1. The lowest BCUT2D eigenvalue weighted by Gasteiger charge is -2.13. The van der Waals surface area contributed by atoms with Gasteiger partial charge in [0.15, 0.2) is 0 Å². The summed E-state index contributed by atoms with van der Waals surface area (Å²) >= 11 is 6.00. The van der Waals surface area contributed by atoms with Gasteiger partial charge in [-0.3, -0.25) is 4.79 Å². The Bertz CT molecular complexity index is 686. The molecule has 1 unspecified atom stereocenters. The molecule has 1 atom stereocenters. The Morgan fingerprint density at radius 2 is 1.86 bits per heavy atom. The van der Waals surface area contributed by atoms with Gasteiger partial charge in [-0.15, -0.1) is 0 Å². The fourth-order valence-corrected chi connectivity index (χ4v) is 2.24. The summed E-state index contributed by atoms with van der Waals surface area (Å²) in [4.78, 5) is 23.2. The maximum Gasteiger partial charge on any atom is 0.335 e. The predicted octanol–water partition coefficient (Wildman–Crippen LogP) is 3.86. The van der Waals surface area contributed by atoms with Crippen LogP contribution in [0.1, 0.15) is 22.8 Å². The van der Waals surface area contributed by atoms with E-state index in [2.05, 4.69) is 5.32 Å². The van der Waals surface area contributed by atoms with Crippen molar-refractivity contribution in [3.63, 3.8) is 0 Å². The molecular formula is C17H16ClNO3. The minimum absolute atomic E-state index is 0.0791. The molecule has 0 aliphatic heterocycles. The van der Waals surface area contributed by atoms with Crippen LogP contribution in [0.3, 0.4) is 0 Å². The van der Waals surface area contributed by atoms with Crippen molar-refractivity contribution in [2.45, 2.75) is 13.3 Å². The lowest BCUT2D eigenvalue weighted by molar-refractivity contribution is -0.119. The van der Waals surface area contributed by atoms with Crippen molar-refractivity contribution >= 4 is 29.2 Å². The fourth-order valence-electron chi connectivity index (χ4n) is 2.07.